The molecule has 0 radical (unpaired) electrons. The molecule has 0 aliphatic carbocycles. The van der Waals surface area contributed by atoms with E-state index in [9.17, 15) is 24.5 Å². The highest BCUT2D eigenvalue weighted by Crippen LogP contribution is 2.53. The van der Waals surface area contributed by atoms with Crippen LogP contribution in [-0.2, 0) is 14.4 Å². The second-order valence-electron chi connectivity index (χ2n) is 9.59. The van der Waals surface area contributed by atoms with Crippen molar-refractivity contribution in [2.45, 2.75) is 32.9 Å². The highest BCUT2D eigenvalue weighted by atomic mass is 16.6. The fourth-order valence-electron chi connectivity index (χ4n) is 5.09. The molecular formula is C24H22N4O5. The summed E-state index contributed by atoms with van der Waals surface area (Å²) in [5, 5.41) is 17.2. The molecule has 168 valence electrons. The van der Waals surface area contributed by atoms with E-state index in [1.165, 1.54) is 24.3 Å². The van der Waals surface area contributed by atoms with E-state index < -0.39 is 46.1 Å². The van der Waals surface area contributed by atoms with Crippen LogP contribution in [0.15, 0.2) is 53.6 Å². The number of hydrazone groups is 1. The number of fused-ring (bicyclic) bond motifs is 5. The monoisotopic (exact) mass is 446 g/mol. The van der Waals surface area contributed by atoms with Gasteiger partial charge in [-0.3, -0.25) is 29.5 Å². The van der Waals surface area contributed by atoms with E-state index in [0.29, 0.717) is 0 Å². The first-order valence-corrected chi connectivity index (χ1v) is 10.7. The molecule has 2 aromatic carbocycles. The van der Waals surface area contributed by atoms with Gasteiger partial charge in [0.05, 0.1) is 34.7 Å². The highest BCUT2D eigenvalue weighted by molar-refractivity contribution is 6.24. The normalized spacial score (nSPS) is 25.7. The molecule has 2 saturated heterocycles. The Balaban J connectivity index is 1.63. The van der Waals surface area contributed by atoms with Gasteiger partial charge in [-0.05, 0) is 23.3 Å². The molecule has 2 amide bonds. The molecule has 9 nitrogen and oxygen atoms in total. The number of anilines is 1. The van der Waals surface area contributed by atoms with Gasteiger partial charge in [0, 0.05) is 17.5 Å². The molecule has 1 unspecified atom stereocenters. The number of hydrogen-bond donors (Lipinski definition) is 0. The Morgan fingerprint density at radius 2 is 1.64 bits per heavy atom. The predicted molar refractivity (Wildman–Crippen MR) is 119 cm³/mol. The molecule has 0 bridgehead atoms. The van der Waals surface area contributed by atoms with E-state index in [2.05, 4.69) is 5.10 Å². The first-order valence-electron chi connectivity index (χ1n) is 10.7. The molecule has 2 fully saturated rings. The van der Waals surface area contributed by atoms with E-state index in [1.54, 1.807) is 32.0 Å². The topological polar surface area (TPSA) is 113 Å². The number of amides is 2. The van der Waals surface area contributed by atoms with Crippen molar-refractivity contribution in [3.63, 3.8) is 0 Å². The zero-order valence-corrected chi connectivity index (χ0v) is 18.3. The van der Waals surface area contributed by atoms with Crippen LogP contribution >= 0.6 is 0 Å². The molecule has 2 aromatic rings. The summed E-state index contributed by atoms with van der Waals surface area (Å²) < 4.78 is 0. The van der Waals surface area contributed by atoms with Gasteiger partial charge in [-0.25, -0.2) is 4.90 Å². The van der Waals surface area contributed by atoms with Gasteiger partial charge >= 0.3 is 0 Å². The van der Waals surface area contributed by atoms with Crippen molar-refractivity contribution in [3.05, 3.63) is 69.8 Å². The zero-order chi connectivity index (χ0) is 23.7. The van der Waals surface area contributed by atoms with Gasteiger partial charge in [0.2, 0.25) is 11.8 Å². The average Bonchev–Trinajstić information content (AvgIpc) is 3.25. The van der Waals surface area contributed by atoms with Crippen molar-refractivity contribution >= 4 is 35.2 Å². The first-order chi connectivity index (χ1) is 15.6. The Hall–Kier alpha value is -3.88. The number of Topliss-reactive ketones (excluding diaryl/α,β-unsaturated/α-hetero) is 1. The van der Waals surface area contributed by atoms with E-state index in [0.717, 1.165) is 16.0 Å². The van der Waals surface area contributed by atoms with Crippen molar-refractivity contribution in [1.29, 1.82) is 0 Å². The van der Waals surface area contributed by atoms with Crippen molar-refractivity contribution in [2.24, 2.45) is 22.4 Å². The molecule has 0 saturated carbocycles. The molecule has 0 aromatic heterocycles. The summed E-state index contributed by atoms with van der Waals surface area (Å²) in [6.45, 7) is 5.36. The zero-order valence-electron chi connectivity index (χ0n) is 18.3. The van der Waals surface area contributed by atoms with Crippen LogP contribution in [0.3, 0.4) is 0 Å². The molecule has 0 spiro atoms. The van der Waals surface area contributed by atoms with Crippen molar-refractivity contribution in [2.75, 3.05) is 4.90 Å². The fraction of sp³-hybridized carbons (Fsp3) is 0.333. The molecule has 33 heavy (non-hydrogen) atoms. The van der Waals surface area contributed by atoms with Crippen LogP contribution in [0.2, 0.25) is 0 Å². The summed E-state index contributed by atoms with van der Waals surface area (Å²) in [5.41, 5.74) is 1.06. The molecule has 3 aliphatic heterocycles. The van der Waals surface area contributed by atoms with E-state index in [4.69, 9.17) is 0 Å². The molecule has 9 heteroatoms. The molecule has 0 N–H and O–H groups in total. The Labute approximate surface area is 189 Å². The number of benzene rings is 2. The van der Waals surface area contributed by atoms with E-state index in [-0.39, 0.29) is 17.2 Å². The van der Waals surface area contributed by atoms with Crippen LogP contribution in [0, 0.1) is 27.4 Å². The number of nitrogens with zero attached hydrogens (tertiary/aromatic N) is 4. The summed E-state index contributed by atoms with van der Waals surface area (Å²) in [4.78, 5) is 52.4. The maximum atomic E-state index is 13.7. The van der Waals surface area contributed by atoms with Crippen LogP contribution in [0.25, 0.3) is 0 Å². The Bertz CT molecular complexity index is 1230. The minimum Gasteiger partial charge on any atom is -0.297 e. The van der Waals surface area contributed by atoms with Crippen LogP contribution in [-0.4, -0.2) is 39.8 Å². The Morgan fingerprint density at radius 3 is 2.27 bits per heavy atom. The van der Waals surface area contributed by atoms with Gasteiger partial charge < -0.3 is 0 Å². The third-order valence-corrected chi connectivity index (χ3v) is 6.62. The van der Waals surface area contributed by atoms with Gasteiger partial charge in [0.1, 0.15) is 6.04 Å². The molecule has 3 heterocycles. The number of carbonyl (C=O) groups is 3. The van der Waals surface area contributed by atoms with Crippen LogP contribution in [0.5, 0.6) is 0 Å². The van der Waals surface area contributed by atoms with Gasteiger partial charge in [0.15, 0.2) is 5.78 Å². The smallest absolute Gasteiger partial charge is 0.269 e. The molecule has 4 atom stereocenters. The molecule has 3 aliphatic rings. The van der Waals surface area contributed by atoms with Crippen molar-refractivity contribution in [3.8, 4) is 0 Å². The standard InChI is InChI=1S/C24H22N4O5/c1-24(2,3)21(29)20-18-17(19-16-7-5-4-6-13(16)12-25-27(19)20)22(30)26(23(18)31)14-8-10-15(11-9-14)28(32)33/h4-12,17-20H,1-3H3/t17-,18+,19?,20-/m0/s1. The summed E-state index contributed by atoms with van der Waals surface area (Å²) in [7, 11) is 0. The average molecular weight is 446 g/mol. The lowest BCUT2D eigenvalue weighted by Crippen LogP contribution is -2.48. The minimum absolute atomic E-state index is 0.138. The maximum absolute atomic E-state index is 13.7. The number of non-ortho nitro benzene ring substituents is 1. The van der Waals surface area contributed by atoms with E-state index >= 15 is 0 Å². The lowest BCUT2D eigenvalue weighted by Gasteiger charge is -2.35. The first kappa shape index (κ1) is 21.0. The SMILES string of the molecule is CC(C)(C)C(=O)[C@@H]1[C@@H]2C(=O)N(c3ccc([N+](=O)[O-])cc3)C(=O)[C@@H]2C2c3ccccc3C=NN21. The molecule has 5 rings (SSSR count). The number of nitro benzene ring substituents is 1. The number of ketones is 1. The maximum Gasteiger partial charge on any atom is 0.269 e. The second kappa shape index (κ2) is 7.06. The minimum atomic E-state index is -0.896. The van der Waals surface area contributed by atoms with Crippen LogP contribution in [0.4, 0.5) is 11.4 Å². The summed E-state index contributed by atoms with van der Waals surface area (Å²) in [5.74, 6) is -2.76. The quantitative estimate of drug-likeness (QED) is 0.407. The Morgan fingerprint density at radius 1 is 1.00 bits per heavy atom. The van der Waals surface area contributed by atoms with Gasteiger partial charge in [-0.1, -0.05) is 45.0 Å². The second-order valence-corrected chi connectivity index (χ2v) is 9.59. The summed E-state index contributed by atoms with van der Waals surface area (Å²) in [6.07, 6.45) is 1.67. The van der Waals surface area contributed by atoms with Crippen LogP contribution in [0.1, 0.15) is 37.9 Å². The fourth-order valence-corrected chi connectivity index (χ4v) is 5.09. The highest BCUT2D eigenvalue weighted by Gasteiger charge is 2.66. The lowest BCUT2D eigenvalue weighted by atomic mass is 9.79. The number of rotatable bonds is 3. The van der Waals surface area contributed by atoms with Gasteiger partial charge in [0.25, 0.3) is 5.69 Å². The summed E-state index contributed by atoms with van der Waals surface area (Å²) in [6, 6.07) is 11.4. The number of nitro groups is 1. The largest absolute Gasteiger partial charge is 0.297 e. The lowest BCUT2D eigenvalue weighted by molar-refractivity contribution is -0.384. The van der Waals surface area contributed by atoms with Crippen LogP contribution < -0.4 is 4.90 Å². The summed E-state index contributed by atoms with van der Waals surface area (Å²) >= 11 is 0. The van der Waals surface area contributed by atoms with Crippen molar-refractivity contribution < 1.29 is 19.3 Å². The number of carbonyl (C=O) groups excluding carboxylic acids is 3. The molecular weight excluding hydrogens is 424 g/mol. The van der Waals surface area contributed by atoms with Gasteiger partial charge in [-0.2, -0.15) is 5.10 Å². The predicted octanol–water partition coefficient (Wildman–Crippen LogP) is 3.09. The third kappa shape index (κ3) is 2.99. The third-order valence-electron chi connectivity index (χ3n) is 6.62. The van der Waals surface area contributed by atoms with Crippen molar-refractivity contribution in [1.82, 2.24) is 5.01 Å². The van der Waals surface area contributed by atoms with E-state index in [1.807, 2.05) is 24.3 Å². The number of imide groups is 1. The Kier molecular flexibility index (Phi) is 4.49. The van der Waals surface area contributed by atoms with Gasteiger partial charge in [-0.15, -0.1) is 0 Å². The number of hydrogen-bond acceptors (Lipinski definition) is 7.